The van der Waals surface area contributed by atoms with Crippen LogP contribution in [0.1, 0.15) is 5.82 Å². The quantitative estimate of drug-likeness (QED) is 0.760. The van der Waals surface area contributed by atoms with E-state index >= 15 is 0 Å². The van der Waals surface area contributed by atoms with Crippen LogP contribution in [-0.4, -0.2) is 15.0 Å². The van der Waals surface area contributed by atoms with Gasteiger partial charge in [0.2, 0.25) is 0 Å². The SMILES string of the molecule is Cl.ClCc1nccc(-c2cccnc2)n1. The van der Waals surface area contributed by atoms with Gasteiger partial charge in [-0.1, -0.05) is 0 Å². The van der Waals surface area contributed by atoms with Crippen LogP contribution in [0.2, 0.25) is 0 Å². The second-order valence-corrected chi connectivity index (χ2v) is 3.00. The highest BCUT2D eigenvalue weighted by molar-refractivity contribution is 6.16. The van der Waals surface area contributed by atoms with E-state index in [1.165, 1.54) is 0 Å². The van der Waals surface area contributed by atoms with Crippen molar-refractivity contribution in [2.24, 2.45) is 0 Å². The molecule has 0 fully saturated rings. The Morgan fingerprint density at radius 3 is 2.73 bits per heavy atom. The third-order valence-corrected chi connectivity index (χ3v) is 2.02. The number of halogens is 2. The summed E-state index contributed by atoms with van der Waals surface area (Å²) >= 11 is 5.65. The Hall–Kier alpha value is -1.19. The highest BCUT2D eigenvalue weighted by atomic mass is 35.5. The van der Waals surface area contributed by atoms with Crippen LogP contribution in [0.4, 0.5) is 0 Å². The molecular formula is C10H9Cl2N3. The van der Waals surface area contributed by atoms with Gasteiger partial charge in [0.1, 0.15) is 5.82 Å². The van der Waals surface area contributed by atoms with E-state index in [1.54, 1.807) is 18.6 Å². The first-order valence-corrected chi connectivity index (χ1v) is 4.72. The van der Waals surface area contributed by atoms with Gasteiger partial charge in [-0.25, -0.2) is 9.97 Å². The average Bonchev–Trinajstić information content (AvgIpc) is 2.30. The lowest BCUT2D eigenvalue weighted by atomic mass is 10.2. The van der Waals surface area contributed by atoms with Crippen molar-refractivity contribution in [3.05, 3.63) is 42.6 Å². The van der Waals surface area contributed by atoms with Gasteiger partial charge in [-0.05, 0) is 18.2 Å². The Morgan fingerprint density at radius 1 is 1.20 bits per heavy atom. The van der Waals surface area contributed by atoms with Gasteiger partial charge in [-0.15, -0.1) is 24.0 Å². The summed E-state index contributed by atoms with van der Waals surface area (Å²) in [6.45, 7) is 0. The molecule has 0 unspecified atom stereocenters. The molecule has 0 saturated carbocycles. The molecule has 0 radical (unpaired) electrons. The van der Waals surface area contributed by atoms with Crippen LogP contribution < -0.4 is 0 Å². The standard InChI is InChI=1S/C10H8ClN3.ClH/c11-6-10-13-5-3-9(14-10)8-2-1-4-12-7-8;/h1-5,7H,6H2;1H. The van der Waals surface area contributed by atoms with Crippen LogP contribution in [0, 0.1) is 0 Å². The Morgan fingerprint density at radius 2 is 2.07 bits per heavy atom. The fraction of sp³-hybridized carbons (Fsp3) is 0.100. The molecular weight excluding hydrogens is 233 g/mol. The van der Waals surface area contributed by atoms with Crippen molar-refractivity contribution in [3.8, 4) is 11.3 Å². The molecule has 0 spiro atoms. The van der Waals surface area contributed by atoms with Crippen LogP contribution in [0.3, 0.4) is 0 Å². The minimum atomic E-state index is 0. The zero-order valence-electron chi connectivity index (χ0n) is 7.80. The second-order valence-electron chi connectivity index (χ2n) is 2.73. The Labute approximate surface area is 99.0 Å². The van der Waals surface area contributed by atoms with Crippen LogP contribution in [0.25, 0.3) is 11.3 Å². The molecule has 0 aliphatic carbocycles. The van der Waals surface area contributed by atoms with Crippen molar-refractivity contribution in [1.82, 2.24) is 15.0 Å². The van der Waals surface area contributed by atoms with Crippen LogP contribution >= 0.6 is 24.0 Å². The monoisotopic (exact) mass is 241 g/mol. The molecule has 15 heavy (non-hydrogen) atoms. The average molecular weight is 242 g/mol. The molecule has 0 amide bonds. The minimum absolute atomic E-state index is 0. The van der Waals surface area contributed by atoms with E-state index in [9.17, 15) is 0 Å². The molecule has 78 valence electrons. The van der Waals surface area contributed by atoms with E-state index in [0.717, 1.165) is 11.3 Å². The summed E-state index contributed by atoms with van der Waals surface area (Å²) in [5.74, 6) is 0.960. The first kappa shape index (κ1) is 11.9. The molecule has 0 atom stereocenters. The summed E-state index contributed by atoms with van der Waals surface area (Å²) in [5.41, 5.74) is 1.82. The molecule has 0 aliphatic rings. The summed E-state index contributed by atoms with van der Waals surface area (Å²) < 4.78 is 0. The Balaban J connectivity index is 0.00000112. The third-order valence-electron chi connectivity index (χ3n) is 1.78. The largest absolute Gasteiger partial charge is 0.264 e. The lowest BCUT2D eigenvalue weighted by Crippen LogP contribution is -1.92. The lowest BCUT2D eigenvalue weighted by molar-refractivity contribution is 1.03. The molecule has 0 aromatic carbocycles. The Bertz CT molecular complexity index is 420. The van der Waals surface area contributed by atoms with E-state index < -0.39 is 0 Å². The summed E-state index contributed by atoms with van der Waals surface area (Å²) in [7, 11) is 0. The van der Waals surface area contributed by atoms with Gasteiger partial charge in [0.05, 0.1) is 11.6 Å². The molecule has 3 nitrogen and oxygen atoms in total. The third kappa shape index (κ3) is 2.88. The summed E-state index contributed by atoms with van der Waals surface area (Å²) in [6, 6.07) is 5.66. The van der Waals surface area contributed by atoms with Gasteiger partial charge in [0, 0.05) is 24.2 Å². The van der Waals surface area contributed by atoms with E-state index in [-0.39, 0.29) is 12.4 Å². The van der Waals surface area contributed by atoms with Gasteiger partial charge < -0.3 is 0 Å². The highest BCUT2D eigenvalue weighted by Gasteiger charge is 2.00. The zero-order chi connectivity index (χ0) is 9.80. The topological polar surface area (TPSA) is 38.7 Å². The van der Waals surface area contributed by atoms with Gasteiger partial charge in [-0.3, -0.25) is 4.98 Å². The summed E-state index contributed by atoms with van der Waals surface area (Å²) in [4.78, 5) is 12.3. The second kappa shape index (κ2) is 5.63. The number of hydrogen-bond donors (Lipinski definition) is 0. The van der Waals surface area contributed by atoms with Crippen molar-refractivity contribution in [2.75, 3.05) is 0 Å². The Kier molecular flexibility index (Phi) is 4.46. The predicted octanol–water partition coefficient (Wildman–Crippen LogP) is 2.70. The maximum absolute atomic E-state index is 5.65. The molecule has 0 saturated heterocycles. The molecule has 0 bridgehead atoms. The molecule has 5 heteroatoms. The number of pyridine rings is 1. The molecule has 0 N–H and O–H groups in total. The fourth-order valence-electron chi connectivity index (χ4n) is 1.14. The van der Waals surface area contributed by atoms with E-state index in [2.05, 4.69) is 15.0 Å². The maximum atomic E-state index is 5.65. The van der Waals surface area contributed by atoms with E-state index in [0.29, 0.717) is 11.7 Å². The summed E-state index contributed by atoms with van der Waals surface area (Å²) in [5, 5.41) is 0. The van der Waals surface area contributed by atoms with Crippen molar-refractivity contribution >= 4 is 24.0 Å². The maximum Gasteiger partial charge on any atom is 0.143 e. The van der Waals surface area contributed by atoms with E-state index in [1.807, 2.05) is 18.2 Å². The predicted molar refractivity (Wildman–Crippen MR) is 62.1 cm³/mol. The minimum Gasteiger partial charge on any atom is -0.264 e. The lowest BCUT2D eigenvalue weighted by Gasteiger charge is -2.00. The van der Waals surface area contributed by atoms with Gasteiger partial charge in [-0.2, -0.15) is 0 Å². The van der Waals surface area contributed by atoms with Gasteiger partial charge >= 0.3 is 0 Å². The molecule has 2 heterocycles. The van der Waals surface area contributed by atoms with Crippen LogP contribution in [0.15, 0.2) is 36.8 Å². The van der Waals surface area contributed by atoms with Crippen LogP contribution in [-0.2, 0) is 5.88 Å². The summed E-state index contributed by atoms with van der Waals surface area (Å²) in [6.07, 6.45) is 5.19. The number of aromatic nitrogens is 3. The number of nitrogens with zero attached hydrogens (tertiary/aromatic N) is 3. The first-order valence-electron chi connectivity index (χ1n) is 4.18. The molecule has 2 aromatic heterocycles. The first-order chi connectivity index (χ1) is 6.90. The zero-order valence-corrected chi connectivity index (χ0v) is 9.37. The van der Waals surface area contributed by atoms with E-state index in [4.69, 9.17) is 11.6 Å². The highest BCUT2D eigenvalue weighted by Crippen LogP contribution is 2.14. The normalized spacial score (nSPS) is 9.40. The molecule has 2 aromatic rings. The molecule has 0 aliphatic heterocycles. The van der Waals surface area contributed by atoms with Crippen molar-refractivity contribution in [2.45, 2.75) is 5.88 Å². The fourth-order valence-corrected chi connectivity index (χ4v) is 1.27. The van der Waals surface area contributed by atoms with Gasteiger partial charge in [0.15, 0.2) is 0 Å². The van der Waals surface area contributed by atoms with Gasteiger partial charge in [0.25, 0.3) is 0 Å². The van der Waals surface area contributed by atoms with Crippen LogP contribution in [0.5, 0.6) is 0 Å². The van der Waals surface area contributed by atoms with Crippen molar-refractivity contribution in [3.63, 3.8) is 0 Å². The van der Waals surface area contributed by atoms with Crippen molar-refractivity contribution in [1.29, 1.82) is 0 Å². The molecule has 2 rings (SSSR count). The van der Waals surface area contributed by atoms with Crippen molar-refractivity contribution < 1.29 is 0 Å². The smallest absolute Gasteiger partial charge is 0.143 e. The number of alkyl halides is 1. The number of hydrogen-bond acceptors (Lipinski definition) is 3. The number of rotatable bonds is 2.